The summed E-state index contributed by atoms with van der Waals surface area (Å²) in [5.41, 5.74) is 2.06. The van der Waals surface area contributed by atoms with Gasteiger partial charge in [-0.3, -0.25) is 14.5 Å². The molecule has 0 radical (unpaired) electrons. The second kappa shape index (κ2) is 9.21. The van der Waals surface area contributed by atoms with Gasteiger partial charge in [0.05, 0.1) is 0 Å². The zero-order chi connectivity index (χ0) is 21.0. The number of hydrogen-bond acceptors (Lipinski definition) is 4. The lowest BCUT2D eigenvalue weighted by atomic mass is 10.1. The number of carbonyl (C=O) groups excluding carboxylic acids is 2. The van der Waals surface area contributed by atoms with E-state index < -0.39 is 0 Å². The Morgan fingerprint density at radius 1 is 1.07 bits per heavy atom. The minimum atomic E-state index is -0.0224. The summed E-state index contributed by atoms with van der Waals surface area (Å²) in [4.78, 5) is 30.8. The number of H-pyrrole nitrogens is 1. The number of amides is 3. The number of piperazine rings is 1. The van der Waals surface area contributed by atoms with Crippen LogP contribution in [0.3, 0.4) is 0 Å². The summed E-state index contributed by atoms with van der Waals surface area (Å²) in [7, 11) is 0. The third kappa shape index (κ3) is 4.67. The predicted molar refractivity (Wildman–Crippen MR) is 114 cm³/mol. The third-order valence-electron chi connectivity index (χ3n) is 5.30. The molecule has 0 atom stereocenters. The summed E-state index contributed by atoms with van der Waals surface area (Å²) in [5, 5.41) is 7.10. The fraction of sp³-hybridized carbons (Fsp3) is 0.500. The van der Waals surface area contributed by atoms with Gasteiger partial charge in [0.2, 0.25) is 5.91 Å². The van der Waals surface area contributed by atoms with E-state index in [-0.39, 0.29) is 18.5 Å². The van der Waals surface area contributed by atoms with E-state index >= 15 is 0 Å². The Labute approximate surface area is 176 Å². The monoisotopic (exact) mass is 416 g/mol. The number of aromatic nitrogens is 3. The summed E-state index contributed by atoms with van der Waals surface area (Å²) in [6.07, 6.45) is 0. The van der Waals surface area contributed by atoms with Crippen molar-refractivity contribution in [3.05, 3.63) is 34.6 Å². The van der Waals surface area contributed by atoms with Crippen LogP contribution < -0.4 is 0 Å². The molecule has 1 aliphatic heterocycles. The summed E-state index contributed by atoms with van der Waals surface area (Å²) in [6, 6.07) is 8.00. The van der Waals surface area contributed by atoms with E-state index in [1.165, 1.54) is 0 Å². The average Bonchev–Trinajstić information content (AvgIpc) is 3.09. The molecule has 2 aromatic rings. The normalized spacial score (nSPS) is 14.2. The molecule has 0 bridgehead atoms. The van der Waals surface area contributed by atoms with Gasteiger partial charge in [0.1, 0.15) is 6.54 Å². The molecule has 0 unspecified atom stereocenters. The van der Waals surface area contributed by atoms with Gasteiger partial charge in [-0.05, 0) is 33.0 Å². The molecule has 3 amide bonds. The maximum atomic E-state index is 12.9. The molecule has 1 aliphatic rings. The summed E-state index contributed by atoms with van der Waals surface area (Å²) in [5.74, 6) is 0.629. The van der Waals surface area contributed by atoms with Crippen LogP contribution >= 0.6 is 12.2 Å². The van der Waals surface area contributed by atoms with Crippen LogP contribution in [0.25, 0.3) is 11.4 Å². The molecule has 2 heterocycles. The summed E-state index contributed by atoms with van der Waals surface area (Å²) < 4.78 is 2.15. The van der Waals surface area contributed by atoms with Crippen LogP contribution in [0.15, 0.2) is 24.3 Å². The number of rotatable bonds is 5. The smallest absolute Gasteiger partial charge is 0.320 e. The van der Waals surface area contributed by atoms with Crippen molar-refractivity contribution in [1.29, 1.82) is 0 Å². The predicted octanol–water partition coefficient (Wildman–Crippen LogP) is 2.52. The van der Waals surface area contributed by atoms with Crippen molar-refractivity contribution in [3.8, 4) is 11.4 Å². The highest BCUT2D eigenvalue weighted by Gasteiger charge is 2.26. The van der Waals surface area contributed by atoms with Crippen LogP contribution in [0, 0.1) is 11.7 Å². The zero-order valence-electron chi connectivity index (χ0n) is 17.2. The first-order valence-electron chi connectivity index (χ1n) is 9.98. The maximum absolute atomic E-state index is 12.9. The van der Waals surface area contributed by atoms with Crippen LogP contribution in [0.4, 0.5) is 4.79 Å². The first kappa shape index (κ1) is 21.0. The van der Waals surface area contributed by atoms with Crippen LogP contribution in [0.5, 0.6) is 0 Å². The molecular formula is C20H28N6O2S. The Hall–Kier alpha value is -2.68. The van der Waals surface area contributed by atoms with Crippen molar-refractivity contribution in [1.82, 2.24) is 29.5 Å². The van der Waals surface area contributed by atoms with Gasteiger partial charge in [-0.15, -0.1) is 0 Å². The fourth-order valence-electron chi connectivity index (χ4n) is 3.46. The van der Waals surface area contributed by atoms with E-state index in [2.05, 4.69) is 10.2 Å². The van der Waals surface area contributed by atoms with E-state index in [0.29, 0.717) is 49.9 Å². The number of nitrogens with zero attached hydrogens (tertiary/aromatic N) is 5. The lowest BCUT2D eigenvalue weighted by molar-refractivity contribution is -0.133. The molecule has 0 spiro atoms. The molecule has 0 saturated carbocycles. The molecule has 0 aliphatic carbocycles. The van der Waals surface area contributed by atoms with Gasteiger partial charge in [0.25, 0.3) is 0 Å². The van der Waals surface area contributed by atoms with E-state index in [0.717, 1.165) is 11.1 Å². The highest BCUT2D eigenvalue weighted by molar-refractivity contribution is 7.71. The standard InChI is InChI=1S/C20H28N6O2S/c1-4-23(5-2)20(28)25-12-10-24(11-13-25)17(27)14-26-18(21-22-19(26)29)16-8-6-15(3)7-9-16/h6-9H,4-5,10-14H2,1-3H3,(H,22,29). The van der Waals surface area contributed by atoms with E-state index in [1.54, 1.807) is 14.4 Å². The first-order valence-corrected chi connectivity index (χ1v) is 10.4. The van der Waals surface area contributed by atoms with Crippen LogP contribution in [-0.4, -0.2) is 80.7 Å². The SMILES string of the molecule is CCN(CC)C(=O)N1CCN(C(=O)Cn2c(-c3ccc(C)cc3)n[nH]c2=S)CC1. The minimum Gasteiger partial charge on any atom is -0.338 e. The molecule has 1 N–H and O–H groups in total. The van der Waals surface area contributed by atoms with Crippen molar-refractivity contribution < 1.29 is 9.59 Å². The number of hydrogen-bond donors (Lipinski definition) is 1. The summed E-state index contributed by atoms with van der Waals surface area (Å²) >= 11 is 5.34. The molecular weight excluding hydrogens is 388 g/mol. The van der Waals surface area contributed by atoms with Crippen molar-refractivity contribution in [3.63, 3.8) is 0 Å². The number of carbonyl (C=O) groups is 2. The highest BCUT2D eigenvalue weighted by Crippen LogP contribution is 2.18. The molecule has 3 rings (SSSR count). The van der Waals surface area contributed by atoms with E-state index in [1.807, 2.05) is 49.9 Å². The zero-order valence-corrected chi connectivity index (χ0v) is 18.0. The van der Waals surface area contributed by atoms with Gasteiger partial charge >= 0.3 is 6.03 Å². The lowest BCUT2D eigenvalue weighted by Gasteiger charge is -2.37. The topological polar surface area (TPSA) is 77.5 Å². The van der Waals surface area contributed by atoms with Gasteiger partial charge in [-0.2, -0.15) is 5.10 Å². The van der Waals surface area contributed by atoms with Gasteiger partial charge in [-0.25, -0.2) is 4.79 Å². The van der Waals surface area contributed by atoms with Gasteiger partial charge in [0.15, 0.2) is 10.6 Å². The second-order valence-corrected chi connectivity index (χ2v) is 7.51. The molecule has 29 heavy (non-hydrogen) atoms. The number of benzene rings is 1. The quantitative estimate of drug-likeness (QED) is 0.760. The Kier molecular flexibility index (Phi) is 6.68. The van der Waals surface area contributed by atoms with Gasteiger partial charge < -0.3 is 14.7 Å². The Bertz CT molecular complexity index is 908. The number of aryl methyl sites for hydroxylation is 1. The van der Waals surface area contributed by atoms with Crippen molar-refractivity contribution >= 4 is 24.2 Å². The molecule has 9 heteroatoms. The van der Waals surface area contributed by atoms with Gasteiger partial charge in [-0.1, -0.05) is 29.8 Å². The lowest BCUT2D eigenvalue weighted by Crippen LogP contribution is -2.54. The number of urea groups is 1. The largest absolute Gasteiger partial charge is 0.338 e. The first-order chi connectivity index (χ1) is 13.9. The molecule has 1 aromatic heterocycles. The van der Waals surface area contributed by atoms with Crippen LogP contribution in [-0.2, 0) is 11.3 Å². The highest BCUT2D eigenvalue weighted by atomic mass is 32.1. The van der Waals surface area contributed by atoms with E-state index in [4.69, 9.17) is 12.2 Å². The van der Waals surface area contributed by atoms with Crippen molar-refractivity contribution in [2.24, 2.45) is 0 Å². The fourth-order valence-corrected chi connectivity index (χ4v) is 3.66. The minimum absolute atomic E-state index is 0.0224. The van der Waals surface area contributed by atoms with E-state index in [9.17, 15) is 9.59 Å². The van der Waals surface area contributed by atoms with Crippen LogP contribution in [0.2, 0.25) is 0 Å². The molecule has 156 valence electrons. The maximum Gasteiger partial charge on any atom is 0.320 e. The van der Waals surface area contributed by atoms with Crippen molar-refractivity contribution in [2.45, 2.75) is 27.3 Å². The Morgan fingerprint density at radius 2 is 1.66 bits per heavy atom. The second-order valence-electron chi connectivity index (χ2n) is 7.13. The third-order valence-corrected chi connectivity index (χ3v) is 5.61. The average molecular weight is 417 g/mol. The van der Waals surface area contributed by atoms with Crippen LogP contribution in [0.1, 0.15) is 19.4 Å². The molecule has 1 fully saturated rings. The summed E-state index contributed by atoms with van der Waals surface area (Å²) in [6.45, 7) is 9.61. The number of nitrogens with one attached hydrogen (secondary N) is 1. The van der Waals surface area contributed by atoms with Gasteiger partial charge in [0, 0.05) is 44.8 Å². The number of aromatic amines is 1. The Balaban J connectivity index is 1.65. The molecule has 1 saturated heterocycles. The molecule has 1 aromatic carbocycles. The Morgan fingerprint density at radius 3 is 2.24 bits per heavy atom. The molecule has 8 nitrogen and oxygen atoms in total. The van der Waals surface area contributed by atoms with Crippen molar-refractivity contribution in [2.75, 3.05) is 39.3 Å².